The highest BCUT2D eigenvalue weighted by molar-refractivity contribution is 5.31. The molecule has 1 aromatic carbocycles. The standard InChI is InChI=1S/C22H37/c1-19(2,3)15-21(7,8)17-11-13-18(14-12-17)22(9,10)16-20(4,5)6/h11-13H,15-16H2,1-10H3. The molecule has 0 aromatic heterocycles. The quantitative estimate of drug-likeness (QED) is 0.566. The normalized spacial score (nSPS) is 14.3. The molecule has 1 radical (unpaired) electrons. The van der Waals surface area contributed by atoms with E-state index < -0.39 is 0 Å². The Morgan fingerprint density at radius 1 is 0.682 bits per heavy atom. The lowest BCUT2D eigenvalue weighted by atomic mass is 9.70. The van der Waals surface area contributed by atoms with Crippen molar-refractivity contribution in [1.29, 1.82) is 0 Å². The maximum absolute atomic E-state index is 3.59. The highest BCUT2D eigenvalue weighted by atomic mass is 14.3. The molecule has 1 aromatic rings. The van der Waals surface area contributed by atoms with Crippen LogP contribution in [0.2, 0.25) is 0 Å². The van der Waals surface area contributed by atoms with Crippen LogP contribution < -0.4 is 0 Å². The van der Waals surface area contributed by atoms with Crippen LogP contribution in [0.4, 0.5) is 0 Å². The summed E-state index contributed by atoms with van der Waals surface area (Å²) in [5.41, 5.74) is 3.78. The summed E-state index contributed by atoms with van der Waals surface area (Å²) in [6.07, 6.45) is 2.35. The lowest BCUT2D eigenvalue weighted by molar-refractivity contribution is 0.280. The molecular weight excluding hydrogens is 264 g/mol. The molecule has 0 saturated carbocycles. The molecule has 0 saturated heterocycles. The van der Waals surface area contributed by atoms with Crippen LogP contribution in [0.1, 0.15) is 93.2 Å². The molecule has 0 atom stereocenters. The van der Waals surface area contributed by atoms with E-state index in [0.29, 0.717) is 10.8 Å². The number of rotatable bonds is 4. The van der Waals surface area contributed by atoms with Crippen molar-refractivity contribution < 1.29 is 0 Å². The van der Waals surface area contributed by atoms with E-state index in [1.807, 2.05) is 0 Å². The van der Waals surface area contributed by atoms with Gasteiger partial charge in [0.15, 0.2) is 0 Å². The van der Waals surface area contributed by atoms with E-state index in [2.05, 4.69) is 93.5 Å². The molecule has 125 valence electrons. The van der Waals surface area contributed by atoms with E-state index in [4.69, 9.17) is 0 Å². The predicted octanol–water partition coefficient (Wildman–Crippen LogP) is 6.91. The van der Waals surface area contributed by atoms with Gasteiger partial charge in [0.1, 0.15) is 0 Å². The summed E-state index contributed by atoms with van der Waals surface area (Å²) in [5, 5.41) is 0. The van der Waals surface area contributed by atoms with Crippen LogP contribution in [0.5, 0.6) is 0 Å². The first-order valence-electron chi connectivity index (χ1n) is 8.65. The van der Waals surface area contributed by atoms with E-state index >= 15 is 0 Å². The SMILES string of the molecule is CC(C)(C)CC(C)(C)c1[c]cc(C(C)(C)CC(C)(C)C)cc1. The van der Waals surface area contributed by atoms with Crippen LogP contribution in [0.25, 0.3) is 0 Å². The van der Waals surface area contributed by atoms with Crippen LogP contribution in [0.3, 0.4) is 0 Å². The van der Waals surface area contributed by atoms with Gasteiger partial charge in [-0.25, -0.2) is 0 Å². The van der Waals surface area contributed by atoms with Gasteiger partial charge in [-0.3, -0.25) is 0 Å². The van der Waals surface area contributed by atoms with E-state index in [9.17, 15) is 0 Å². The fourth-order valence-electron chi connectivity index (χ4n) is 4.12. The molecule has 0 spiro atoms. The first-order chi connectivity index (χ1) is 9.62. The molecule has 0 fully saturated rings. The molecule has 0 N–H and O–H groups in total. The van der Waals surface area contributed by atoms with Crippen LogP contribution in [-0.4, -0.2) is 0 Å². The Morgan fingerprint density at radius 3 is 1.50 bits per heavy atom. The van der Waals surface area contributed by atoms with Crippen molar-refractivity contribution in [3.8, 4) is 0 Å². The average molecular weight is 302 g/mol. The van der Waals surface area contributed by atoms with Gasteiger partial charge in [0.25, 0.3) is 0 Å². The van der Waals surface area contributed by atoms with Gasteiger partial charge in [0.05, 0.1) is 0 Å². The number of benzene rings is 1. The lowest BCUT2D eigenvalue weighted by Crippen LogP contribution is -2.26. The van der Waals surface area contributed by atoms with E-state index in [1.54, 1.807) is 0 Å². The molecule has 0 unspecified atom stereocenters. The smallest absolute Gasteiger partial charge is 0.00924 e. The van der Waals surface area contributed by atoms with Crippen LogP contribution >= 0.6 is 0 Å². The Labute approximate surface area is 139 Å². The summed E-state index contributed by atoms with van der Waals surface area (Å²) in [5.74, 6) is 0. The van der Waals surface area contributed by atoms with E-state index in [0.717, 1.165) is 0 Å². The number of hydrogen-bond acceptors (Lipinski definition) is 0. The van der Waals surface area contributed by atoms with Gasteiger partial charge in [-0.05, 0) is 51.7 Å². The highest BCUT2D eigenvalue weighted by Crippen LogP contribution is 2.39. The van der Waals surface area contributed by atoms with Gasteiger partial charge in [0, 0.05) is 0 Å². The highest BCUT2D eigenvalue weighted by Gasteiger charge is 2.30. The molecule has 0 amide bonds. The molecule has 0 heterocycles. The van der Waals surface area contributed by atoms with Gasteiger partial charge in [-0.1, -0.05) is 87.4 Å². The van der Waals surface area contributed by atoms with E-state index in [1.165, 1.54) is 24.0 Å². The van der Waals surface area contributed by atoms with Crippen molar-refractivity contribution in [2.45, 2.75) is 92.9 Å². The third-order valence-electron chi connectivity index (χ3n) is 4.27. The molecular formula is C22H37. The second-order valence-electron chi connectivity index (χ2n) is 10.7. The average Bonchev–Trinajstić information content (AvgIpc) is 2.22. The fourth-order valence-corrected chi connectivity index (χ4v) is 4.12. The molecule has 0 aliphatic carbocycles. The van der Waals surface area contributed by atoms with Crippen molar-refractivity contribution in [2.24, 2.45) is 10.8 Å². The molecule has 0 nitrogen and oxygen atoms in total. The fraction of sp³-hybridized carbons (Fsp3) is 0.727. The minimum Gasteiger partial charge on any atom is -0.0601 e. The first kappa shape index (κ1) is 19.3. The second-order valence-corrected chi connectivity index (χ2v) is 10.7. The summed E-state index contributed by atoms with van der Waals surface area (Å²) in [4.78, 5) is 0. The maximum Gasteiger partial charge on any atom is -0.00924 e. The molecule has 0 aliphatic heterocycles. The second kappa shape index (κ2) is 6.02. The zero-order valence-electron chi connectivity index (χ0n) is 16.6. The Balaban J connectivity index is 3.00. The zero-order valence-corrected chi connectivity index (χ0v) is 16.6. The van der Waals surface area contributed by atoms with Crippen molar-refractivity contribution in [1.82, 2.24) is 0 Å². The molecule has 0 aliphatic rings. The topological polar surface area (TPSA) is 0 Å². The maximum atomic E-state index is 3.59. The largest absolute Gasteiger partial charge is 0.0601 e. The van der Waals surface area contributed by atoms with Crippen molar-refractivity contribution in [2.75, 3.05) is 0 Å². The molecule has 22 heavy (non-hydrogen) atoms. The molecule has 0 heteroatoms. The Morgan fingerprint density at radius 2 is 1.14 bits per heavy atom. The Bertz CT molecular complexity index is 425. The summed E-state index contributed by atoms with van der Waals surface area (Å²) in [6.45, 7) is 23.3. The van der Waals surface area contributed by atoms with Gasteiger partial charge in [-0.2, -0.15) is 0 Å². The Hall–Kier alpha value is -0.780. The van der Waals surface area contributed by atoms with E-state index in [-0.39, 0.29) is 10.8 Å². The van der Waals surface area contributed by atoms with Crippen molar-refractivity contribution in [3.63, 3.8) is 0 Å². The lowest BCUT2D eigenvalue weighted by Gasteiger charge is -2.35. The van der Waals surface area contributed by atoms with Crippen LogP contribution in [0, 0.1) is 16.9 Å². The number of hydrogen-bond donors (Lipinski definition) is 0. The summed E-state index contributed by atoms with van der Waals surface area (Å²) < 4.78 is 0. The summed E-state index contributed by atoms with van der Waals surface area (Å²) in [7, 11) is 0. The van der Waals surface area contributed by atoms with Gasteiger partial charge in [0.2, 0.25) is 0 Å². The zero-order chi connectivity index (χ0) is 17.4. The van der Waals surface area contributed by atoms with Gasteiger partial charge >= 0.3 is 0 Å². The monoisotopic (exact) mass is 301 g/mol. The van der Waals surface area contributed by atoms with Gasteiger partial charge < -0.3 is 0 Å². The van der Waals surface area contributed by atoms with Crippen molar-refractivity contribution >= 4 is 0 Å². The van der Waals surface area contributed by atoms with Gasteiger partial charge in [-0.15, -0.1) is 0 Å². The van der Waals surface area contributed by atoms with Crippen LogP contribution in [-0.2, 0) is 10.8 Å². The summed E-state index contributed by atoms with van der Waals surface area (Å²) >= 11 is 0. The molecule has 0 bridgehead atoms. The first-order valence-corrected chi connectivity index (χ1v) is 8.65. The molecule has 1 rings (SSSR count). The van der Waals surface area contributed by atoms with Crippen molar-refractivity contribution in [3.05, 3.63) is 35.4 Å². The Kier molecular flexibility index (Phi) is 5.27. The minimum absolute atomic E-state index is 0.172. The third kappa shape index (κ3) is 5.78. The summed E-state index contributed by atoms with van der Waals surface area (Å²) in [6, 6.07) is 10.4. The minimum atomic E-state index is 0.172. The predicted molar refractivity (Wildman–Crippen MR) is 99.5 cm³/mol. The van der Waals surface area contributed by atoms with Crippen LogP contribution in [0.15, 0.2) is 18.2 Å². The third-order valence-corrected chi connectivity index (χ3v) is 4.27.